The van der Waals surface area contributed by atoms with E-state index in [1.807, 2.05) is 32.0 Å². The molecule has 2 heteroatoms. The molecule has 16 heavy (non-hydrogen) atoms. The number of benzene rings is 1. The first-order valence-electron chi connectivity index (χ1n) is 5.66. The minimum Gasteiger partial charge on any atom is -0.352 e. The molecule has 0 spiro atoms. The van der Waals surface area contributed by atoms with Crippen molar-refractivity contribution in [3.8, 4) is 0 Å². The second kappa shape index (κ2) is 4.69. The van der Waals surface area contributed by atoms with Crippen LogP contribution in [-0.2, 0) is 0 Å². The fourth-order valence-corrected chi connectivity index (χ4v) is 1.44. The standard InChI is InChI=1S/C14H21NO/c1-10-7-6-8-12(11(10)2)13(16)15-9-14(3,4)5/h6-8H,9H2,1-5H3,(H,15,16). The van der Waals surface area contributed by atoms with Gasteiger partial charge in [0.2, 0.25) is 0 Å². The monoisotopic (exact) mass is 219 g/mol. The first kappa shape index (κ1) is 12.8. The fraction of sp³-hybridized carbons (Fsp3) is 0.500. The molecule has 1 N–H and O–H groups in total. The van der Waals surface area contributed by atoms with Crippen LogP contribution in [0.4, 0.5) is 0 Å². The van der Waals surface area contributed by atoms with E-state index in [0.717, 1.165) is 16.7 Å². The predicted molar refractivity (Wildman–Crippen MR) is 67.7 cm³/mol. The van der Waals surface area contributed by atoms with E-state index in [2.05, 4.69) is 26.1 Å². The SMILES string of the molecule is Cc1cccc(C(=O)NCC(C)(C)C)c1C. The Balaban J connectivity index is 2.78. The molecule has 0 heterocycles. The van der Waals surface area contributed by atoms with Gasteiger partial charge in [-0.15, -0.1) is 0 Å². The van der Waals surface area contributed by atoms with E-state index >= 15 is 0 Å². The molecule has 88 valence electrons. The molecule has 0 aromatic heterocycles. The molecule has 0 saturated heterocycles. The summed E-state index contributed by atoms with van der Waals surface area (Å²) >= 11 is 0. The van der Waals surface area contributed by atoms with Crippen molar-refractivity contribution in [1.29, 1.82) is 0 Å². The second-order valence-electron chi connectivity index (χ2n) is 5.49. The summed E-state index contributed by atoms with van der Waals surface area (Å²) in [4.78, 5) is 12.0. The van der Waals surface area contributed by atoms with Gasteiger partial charge in [0.25, 0.3) is 5.91 Å². The maximum Gasteiger partial charge on any atom is 0.251 e. The van der Waals surface area contributed by atoms with Gasteiger partial charge in [0.15, 0.2) is 0 Å². The van der Waals surface area contributed by atoms with E-state index in [4.69, 9.17) is 0 Å². The highest BCUT2D eigenvalue weighted by Gasteiger charge is 2.14. The quantitative estimate of drug-likeness (QED) is 0.813. The van der Waals surface area contributed by atoms with Crippen LogP contribution >= 0.6 is 0 Å². The minimum atomic E-state index is 0.0242. The lowest BCUT2D eigenvalue weighted by atomic mass is 9.96. The zero-order valence-electron chi connectivity index (χ0n) is 10.8. The van der Waals surface area contributed by atoms with E-state index in [9.17, 15) is 4.79 Å². The molecule has 0 saturated carbocycles. The van der Waals surface area contributed by atoms with Gasteiger partial charge >= 0.3 is 0 Å². The normalized spacial score (nSPS) is 11.3. The van der Waals surface area contributed by atoms with E-state index in [1.165, 1.54) is 0 Å². The van der Waals surface area contributed by atoms with Crippen molar-refractivity contribution < 1.29 is 4.79 Å². The highest BCUT2D eigenvalue weighted by Crippen LogP contribution is 2.14. The molecule has 1 rings (SSSR count). The number of carbonyl (C=O) groups excluding carboxylic acids is 1. The predicted octanol–water partition coefficient (Wildman–Crippen LogP) is 3.08. The van der Waals surface area contributed by atoms with Gasteiger partial charge in [-0.25, -0.2) is 0 Å². The van der Waals surface area contributed by atoms with E-state index in [0.29, 0.717) is 6.54 Å². The van der Waals surface area contributed by atoms with Crippen LogP contribution in [-0.4, -0.2) is 12.5 Å². The number of amides is 1. The summed E-state index contributed by atoms with van der Waals surface area (Å²) in [6, 6.07) is 5.82. The Hall–Kier alpha value is -1.31. The molecule has 0 bridgehead atoms. The molecule has 0 atom stereocenters. The van der Waals surface area contributed by atoms with E-state index in [-0.39, 0.29) is 11.3 Å². The largest absolute Gasteiger partial charge is 0.352 e. The van der Waals surface area contributed by atoms with E-state index in [1.54, 1.807) is 0 Å². The fourth-order valence-electron chi connectivity index (χ4n) is 1.44. The van der Waals surface area contributed by atoms with Crippen LogP contribution in [0.2, 0.25) is 0 Å². The van der Waals surface area contributed by atoms with Gasteiger partial charge in [-0.1, -0.05) is 32.9 Å². The van der Waals surface area contributed by atoms with Gasteiger partial charge in [0, 0.05) is 12.1 Å². The lowest BCUT2D eigenvalue weighted by Crippen LogP contribution is -2.32. The zero-order valence-corrected chi connectivity index (χ0v) is 10.8. The number of nitrogens with one attached hydrogen (secondary N) is 1. The van der Waals surface area contributed by atoms with Crippen LogP contribution in [0.15, 0.2) is 18.2 Å². The van der Waals surface area contributed by atoms with Crippen molar-refractivity contribution in [2.45, 2.75) is 34.6 Å². The Bertz CT molecular complexity index is 388. The molecule has 0 fully saturated rings. The maximum atomic E-state index is 12.0. The molecule has 1 amide bonds. The summed E-state index contributed by atoms with van der Waals surface area (Å²) in [5.41, 5.74) is 3.12. The zero-order chi connectivity index (χ0) is 12.3. The average Bonchev–Trinajstić information content (AvgIpc) is 2.17. The molecule has 0 radical (unpaired) electrons. The Morgan fingerprint density at radius 2 is 1.88 bits per heavy atom. The van der Waals surface area contributed by atoms with Crippen molar-refractivity contribution in [2.24, 2.45) is 5.41 Å². The van der Waals surface area contributed by atoms with Crippen molar-refractivity contribution >= 4 is 5.91 Å². The summed E-state index contributed by atoms with van der Waals surface area (Å²) in [6.07, 6.45) is 0. The van der Waals surface area contributed by atoms with Gasteiger partial charge in [-0.05, 0) is 36.5 Å². The van der Waals surface area contributed by atoms with Gasteiger partial charge in [0.1, 0.15) is 0 Å². The topological polar surface area (TPSA) is 29.1 Å². The summed E-state index contributed by atoms with van der Waals surface area (Å²) in [5, 5.41) is 2.97. The van der Waals surface area contributed by atoms with Crippen LogP contribution in [0.1, 0.15) is 42.3 Å². The number of hydrogen-bond donors (Lipinski definition) is 1. The molecular formula is C14H21NO. The van der Waals surface area contributed by atoms with E-state index < -0.39 is 0 Å². The first-order valence-corrected chi connectivity index (χ1v) is 5.66. The maximum absolute atomic E-state index is 12.0. The smallest absolute Gasteiger partial charge is 0.251 e. The Morgan fingerprint density at radius 1 is 1.25 bits per heavy atom. The number of hydrogen-bond acceptors (Lipinski definition) is 1. The molecule has 0 aliphatic rings. The third-order valence-electron chi connectivity index (χ3n) is 2.63. The molecule has 0 aliphatic carbocycles. The van der Waals surface area contributed by atoms with Gasteiger partial charge in [-0.3, -0.25) is 4.79 Å². The first-order chi connectivity index (χ1) is 7.31. The molecular weight excluding hydrogens is 198 g/mol. The summed E-state index contributed by atoms with van der Waals surface area (Å²) in [7, 11) is 0. The second-order valence-corrected chi connectivity index (χ2v) is 5.49. The molecule has 1 aromatic carbocycles. The lowest BCUT2D eigenvalue weighted by molar-refractivity contribution is 0.0938. The molecule has 0 aliphatic heterocycles. The van der Waals surface area contributed by atoms with Crippen LogP contribution in [0.3, 0.4) is 0 Å². The molecule has 1 aromatic rings. The summed E-state index contributed by atoms with van der Waals surface area (Å²) < 4.78 is 0. The minimum absolute atomic E-state index is 0.0242. The Morgan fingerprint density at radius 3 is 2.44 bits per heavy atom. The van der Waals surface area contributed by atoms with Crippen LogP contribution in [0, 0.1) is 19.3 Å². The summed E-state index contributed by atoms with van der Waals surface area (Å²) in [5.74, 6) is 0.0242. The third-order valence-corrected chi connectivity index (χ3v) is 2.63. The number of aryl methyl sites for hydroxylation is 1. The molecule has 2 nitrogen and oxygen atoms in total. The lowest BCUT2D eigenvalue weighted by Gasteiger charge is -2.19. The van der Waals surface area contributed by atoms with Crippen LogP contribution < -0.4 is 5.32 Å². The highest BCUT2D eigenvalue weighted by molar-refractivity contribution is 5.95. The highest BCUT2D eigenvalue weighted by atomic mass is 16.1. The van der Waals surface area contributed by atoms with Crippen molar-refractivity contribution in [1.82, 2.24) is 5.32 Å². The Kier molecular flexibility index (Phi) is 3.74. The molecule has 0 unspecified atom stereocenters. The van der Waals surface area contributed by atoms with Gasteiger partial charge in [-0.2, -0.15) is 0 Å². The van der Waals surface area contributed by atoms with Crippen LogP contribution in [0.25, 0.3) is 0 Å². The van der Waals surface area contributed by atoms with Crippen molar-refractivity contribution in [3.63, 3.8) is 0 Å². The van der Waals surface area contributed by atoms with Gasteiger partial charge < -0.3 is 5.32 Å². The van der Waals surface area contributed by atoms with Crippen molar-refractivity contribution in [2.75, 3.05) is 6.54 Å². The number of rotatable bonds is 2. The average molecular weight is 219 g/mol. The van der Waals surface area contributed by atoms with Crippen molar-refractivity contribution in [3.05, 3.63) is 34.9 Å². The van der Waals surface area contributed by atoms with Crippen LogP contribution in [0.5, 0.6) is 0 Å². The number of carbonyl (C=O) groups is 1. The Labute approximate surface area is 98.1 Å². The van der Waals surface area contributed by atoms with Gasteiger partial charge in [0.05, 0.1) is 0 Å². The third kappa shape index (κ3) is 3.37. The summed E-state index contributed by atoms with van der Waals surface area (Å²) in [6.45, 7) is 11.0.